The van der Waals surface area contributed by atoms with E-state index in [4.69, 9.17) is 0 Å². The van der Waals surface area contributed by atoms with E-state index in [0.29, 0.717) is 0 Å². The first kappa shape index (κ1) is 8.92. The van der Waals surface area contributed by atoms with E-state index in [2.05, 4.69) is 20.9 Å². The number of hydrogen-bond donors (Lipinski definition) is 1. The highest BCUT2D eigenvalue weighted by Gasteiger charge is 2.04. The van der Waals surface area contributed by atoms with Crippen molar-refractivity contribution in [3.63, 3.8) is 0 Å². The number of hydrogen-bond acceptors (Lipinski definition) is 0. The van der Waals surface area contributed by atoms with Crippen molar-refractivity contribution in [3.05, 3.63) is 46.7 Å². The second kappa shape index (κ2) is 3.07. The largest absolute Gasteiger partial charge is 0.355 e. The highest BCUT2D eigenvalue weighted by molar-refractivity contribution is 9.10. The molecule has 0 fully saturated rings. The SMILES string of the molecule is Fc1ccc2[nH]c3ccc(Br)cc3c2c1. The number of rotatable bonds is 0. The van der Waals surface area contributed by atoms with Gasteiger partial charge >= 0.3 is 0 Å². The van der Waals surface area contributed by atoms with E-state index < -0.39 is 0 Å². The third-order valence-corrected chi connectivity index (χ3v) is 3.02. The first-order valence-electron chi connectivity index (χ1n) is 4.60. The van der Waals surface area contributed by atoms with Crippen molar-refractivity contribution in [1.29, 1.82) is 0 Å². The molecule has 15 heavy (non-hydrogen) atoms. The molecule has 0 amide bonds. The maximum Gasteiger partial charge on any atom is 0.123 e. The fourth-order valence-corrected chi connectivity index (χ4v) is 2.20. The van der Waals surface area contributed by atoms with Gasteiger partial charge in [-0.2, -0.15) is 0 Å². The molecule has 0 aliphatic heterocycles. The molecular formula is C12H7BrFN. The Morgan fingerprint density at radius 1 is 0.933 bits per heavy atom. The molecular weight excluding hydrogens is 257 g/mol. The number of benzene rings is 2. The number of H-pyrrole nitrogens is 1. The molecule has 2 aromatic carbocycles. The summed E-state index contributed by atoms with van der Waals surface area (Å²) in [6.07, 6.45) is 0. The van der Waals surface area contributed by atoms with Crippen LogP contribution in [-0.4, -0.2) is 4.98 Å². The summed E-state index contributed by atoms with van der Waals surface area (Å²) in [5.74, 6) is -0.205. The fraction of sp³-hybridized carbons (Fsp3) is 0. The number of aromatic nitrogens is 1. The molecule has 0 spiro atoms. The molecule has 0 bridgehead atoms. The summed E-state index contributed by atoms with van der Waals surface area (Å²) in [5.41, 5.74) is 1.99. The van der Waals surface area contributed by atoms with Gasteiger partial charge in [-0.15, -0.1) is 0 Å². The molecule has 0 saturated heterocycles. The molecule has 1 N–H and O–H groups in total. The number of halogens is 2. The summed E-state index contributed by atoms with van der Waals surface area (Å²) in [4.78, 5) is 3.24. The zero-order valence-electron chi connectivity index (χ0n) is 7.72. The van der Waals surface area contributed by atoms with Crippen LogP contribution in [0.1, 0.15) is 0 Å². The summed E-state index contributed by atoms with van der Waals surface area (Å²) in [7, 11) is 0. The van der Waals surface area contributed by atoms with E-state index in [9.17, 15) is 4.39 Å². The van der Waals surface area contributed by atoms with Gasteiger partial charge < -0.3 is 4.98 Å². The van der Waals surface area contributed by atoms with Gasteiger partial charge in [-0.05, 0) is 36.4 Å². The Morgan fingerprint density at radius 2 is 1.60 bits per heavy atom. The molecule has 3 rings (SSSR count). The third-order valence-electron chi connectivity index (χ3n) is 2.52. The first-order chi connectivity index (χ1) is 7.24. The topological polar surface area (TPSA) is 15.8 Å². The van der Waals surface area contributed by atoms with Crippen LogP contribution in [0.15, 0.2) is 40.9 Å². The zero-order valence-corrected chi connectivity index (χ0v) is 9.31. The van der Waals surface area contributed by atoms with Gasteiger partial charge in [-0.25, -0.2) is 4.39 Å². The van der Waals surface area contributed by atoms with Crippen LogP contribution in [0.3, 0.4) is 0 Å². The smallest absolute Gasteiger partial charge is 0.123 e. The van der Waals surface area contributed by atoms with E-state index in [1.54, 1.807) is 12.1 Å². The molecule has 0 saturated carbocycles. The quantitative estimate of drug-likeness (QED) is 0.625. The molecule has 0 radical (unpaired) electrons. The van der Waals surface area contributed by atoms with E-state index in [0.717, 1.165) is 26.3 Å². The van der Waals surface area contributed by atoms with E-state index in [-0.39, 0.29) is 5.82 Å². The van der Waals surface area contributed by atoms with Gasteiger partial charge in [0.1, 0.15) is 5.82 Å². The normalized spacial score (nSPS) is 11.3. The van der Waals surface area contributed by atoms with Gasteiger partial charge in [0, 0.05) is 26.3 Å². The molecule has 1 nitrogen and oxygen atoms in total. The Balaban J connectivity index is 2.55. The maximum atomic E-state index is 13.1. The summed E-state index contributed by atoms with van der Waals surface area (Å²) < 4.78 is 14.1. The Morgan fingerprint density at radius 3 is 2.40 bits per heavy atom. The molecule has 0 atom stereocenters. The van der Waals surface area contributed by atoms with Crippen molar-refractivity contribution in [2.75, 3.05) is 0 Å². The Kier molecular flexibility index (Phi) is 1.83. The van der Waals surface area contributed by atoms with Crippen molar-refractivity contribution in [2.45, 2.75) is 0 Å². The lowest BCUT2D eigenvalue weighted by molar-refractivity contribution is 0.630. The van der Waals surface area contributed by atoms with Crippen molar-refractivity contribution >= 4 is 37.7 Å². The van der Waals surface area contributed by atoms with Crippen molar-refractivity contribution in [3.8, 4) is 0 Å². The lowest BCUT2D eigenvalue weighted by Gasteiger charge is -1.92. The molecule has 3 heteroatoms. The van der Waals surface area contributed by atoms with E-state index in [1.165, 1.54) is 6.07 Å². The van der Waals surface area contributed by atoms with Crippen LogP contribution in [0.25, 0.3) is 21.8 Å². The molecule has 1 heterocycles. The molecule has 3 aromatic rings. The van der Waals surface area contributed by atoms with Gasteiger partial charge in [-0.1, -0.05) is 15.9 Å². The number of fused-ring (bicyclic) bond motifs is 3. The number of aromatic amines is 1. The molecule has 1 aromatic heterocycles. The minimum Gasteiger partial charge on any atom is -0.355 e. The minimum atomic E-state index is -0.205. The van der Waals surface area contributed by atoms with E-state index >= 15 is 0 Å². The minimum absolute atomic E-state index is 0.205. The Bertz CT molecular complexity index is 601. The van der Waals surface area contributed by atoms with Gasteiger partial charge in [-0.3, -0.25) is 0 Å². The zero-order chi connectivity index (χ0) is 10.4. The highest BCUT2D eigenvalue weighted by atomic mass is 79.9. The summed E-state index contributed by atoms with van der Waals surface area (Å²) in [5, 5.41) is 1.96. The molecule has 0 aliphatic rings. The summed E-state index contributed by atoms with van der Waals surface area (Å²) in [6.45, 7) is 0. The first-order valence-corrected chi connectivity index (χ1v) is 5.40. The average Bonchev–Trinajstić information content (AvgIpc) is 2.56. The Hall–Kier alpha value is -1.35. The Labute approximate surface area is 94.0 Å². The van der Waals surface area contributed by atoms with Crippen LogP contribution >= 0.6 is 15.9 Å². The van der Waals surface area contributed by atoms with Crippen LogP contribution in [0.2, 0.25) is 0 Å². The molecule has 0 aliphatic carbocycles. The summed E-state index contributed by atoms with van der Waals surface area (Å²) in [6, 6.07) is 10.7. The van der Waals surface area contributed by atoms with Crippen molar-refractivity contribution in [2.24, 2.45) is 0 Å². The van der Waals surface area contributed by atoms with Crippen molar-refractivity contribution in [1.82, 2.24) is 4.98 Å². The predicted octanol–water partition coefficient (Wildman–Crippen LogP) is 4.22. The third kappa shape index (κ3) is 1.35. The highest BCUT2D eigenvalue weighted by Crippen LogP contribution is 2.28. The average molecular weight is 264 g/mol. The van der Waals surface area contributed by atoms with E-state index in [1.807, 2.05) is 18.2 Å². The van der Waals surface area contributed by atoms with Crippen LogP contribution in [-0.2, 0) is 0 Å². The van der Waals surface area contributed by atoms with Crippen LogP contribution in [0.5, 0.6) is 0 Å². The van der Waals surface area contributed by atoms with Gasteiger partial charge in [0.05, 0.1) is 0 Å². The monoisotopic (exact) mass is 263 g/mol. The maximum absolute atomic E-state index is 13.1. The van der Waals surface area contributed by atoms with Gasteiger partial charge in [0.25, 0.3) is 0 Å². The van der Waals surface area contributed by atoms with Crippen molar-refractivity contribution < 1.29 is 4.39 Å². The molecule has 74 valence electrons. The van der Waals surface area contributed by atoms with Gasteiger partial charge in [0.2, 0.25) is 0 Å². The number of nitrogens with one attached hydrogen (secondary N) is 1. The molecule has 0 unspecified atom stereocenters. The lowest BCUT2D eigenvalue weighted by Crippen LogP contribution is -1.72. The lowest BCUT2D eigenvalue weighted by atomic mass is 10.1. The standard InChI is InChI=1S/C12H7BrFN/c13-7-1-3-11-9(5-7)10-6-8(14)2-4-12(10)15-11/h1-6,15H. The predicted molar refractivity (Wildman–Crippen MR) is 63.5 cm³/mol. The van der Waals surface area contributed by atoms with Gasteiger partial charge in [0.15, 0.2) is 0 Å². The van der Waals surface area contributed by atoms with Crippen LogP contribution in [0.4, 0.5) is 4.39 Å². The second-order valence-corrected chi connectivity index (χ2v) is 4.42. The van der Waals surface area contributed by atoms with Crippen LogP contribution < -0.4 is 0 Å². The van der Waals surface area contributed by atoms with Crippen LogP contribution in [0, 0.1) is 5.82 Å². The second-order valence-electron chi connectivity index (χ2n) is 3.50. The summed E-state index contributed by atoms with van der Waals surface area (Å²) >= 11 is 3.41. The fourth-order valence-electron chi connectivity index (χ4n) is 1.84.